The Morgan fingerprint density at radius 1 is 1.30 bits per heavy atom. The number of hydrogen-bond donors (Lipinski definition) is 1. The number of amidine groups is 1. The van der Waals surface area contributed by atoms with Gasteiger partial charge >= 0.3 is 0 Å². The molecule has 0 saturated carbocycles. The second kappa shape index (κ2) is 9.80. The molecule has 1 aromatic heterocycles. The van der Waals surface area contributed by atoms with Crippen LogP contribution in [0.2, 0.25) is 0 Å². The summed E-state index contributed by atoms with van der Waals surface area (Å²) >= 11 is 1.60. The molecule has 0 unspecified atom stereocenters. The van der Waals surface area contributed by atoms with Crippen LogP contribution in [0.3, 0.4) is 0 Å². The van der Waals surface area contributed by atoms with E-state index in [2.05, 4.69) is 31.1 Å². The number of nitrogens with zero attached hydrogens (tertiary/aromatic N) is 4. The van der Waals surface area contributed by atoms with Gasteiger partial charge in [0, 0.05) is 37.3 Å². The lowest BCUT2D eigenvalue weighted by molar-refractivity contribution is 0.600. The first kappa shape index (κ1) is 21.9. The number of aromatic nitrogens is 1. The summed E-state index contributed by atoms with van der Waals surface area (Å²) < 4.78 is 13.5. The van der Waals surface area contributed by atoms with E-state index in [-0.39, 0.29) is 5.82 Å². The number of guanidine groups is 1. The van der Waals surface area contributed by atoms with Crippen LogP contribution in [0.4, 0.5) is 9.52 Å². The number of hydrogen-bond acceptors (Lipinski definition) is 5. The largest absolute Gasteiger partial charge is 0.348 e. The van der Waals surface area contributed by atoms with E-state index in [4.69, 9.17) is 9.98 Å². The van der Waals surface area contributed by atoms with Gasteiger partial charge in [-0.1, -0.05) is 50.3 Å². The first-order valence-corrected chi connectivity index (χ1v) is 10.9. The van der Waals surface area contributed by atoms with Crippen molar-refractivity contribution in [1.29, 1.82) is 0 Å². The van der Waals surface area contributed by atoms with E-state index in [1.807, 2.05) is 43.4 Å². The molecule has 0 fully saturated rings. The summed E-state index contributed by atoms with van der Waals surface area (Å²) in [6.07, 6.45) is 7.26. The molecule has 3 rings (SSSR count). The number of nitrogens with one attached hydrogen (secondary N) is 1. The maximum Gasteiger partial charge on any atom is 0.211 e. The summed E-state index contributed by atoms with van der Waals surface area (Å²) in [7, 11) is 3.88. The Hall–Kier alpha value is -2.80. The fraction of sp³-hybridized carbons (Fsp3) is 0.348. The standard InChI is InChI=1S/C23H28FN5S/c1-6-17-13-21(28-23-25-14-20(30-23)15(2)3)27-22(29(4)5)26-19(17)11-10-16-8-7-9-18(24)12-16/h7-12,14-15H,6,13H2,1-5H3,(H,25,26,27,28). The van der Waals surface area contributed by atoms with Crippen molar-refractivity contribution in [3.8, 4) is 0 Å². The quantitative estimate of drug-likeness (QED) is 0.666. The maximum absolute atomic E-state index is 13.5. The zero-order valence-corrected chi connectivity index (χ0v) is 18.9. The summed E-state index contributed by atoms with van der Waals surface area (Å²) in [5.41, 5.74) is 2.95. The van der Waals surface area contributed by atoms with Crippen LogP contribution in [-0.2, 0) is 0 Å². The molecule has 158 valence electrons. The van der Waals surface area contributed by atoms with Gasteiger partial charge in [-0.05, 0) is 41.7 Å². The van der Waals surface area contributed by atoms with Gasteiger partial charge < -0.3 is 10.2 Å². The van der Waals surface area contributed by atoms with Gasteiger partial charge in [0.15, 0.2) is 0 Å². The molecule has 0 bridgehead atoms. The van der Waals surface area contributed by atoms with Gasteiger partial charge in [-0.2, -0.15) is 4.99 Å². The van der Waals surface area contributed by atoms with Crippen LogP contribution in [0, 0.1) is 5.82 Å². The van der Waals surface area contributed by atoms with Crippen LogP contribution in [0.15, 0.2) is 57.8 Å². The lowest BCUT2D eigenvalue weighted by Crippen LogP contribution is -2.35. The van der Waals surface area contributed by atoms with Crippen LogP contribution in [0.1, 0.15) is 50.0 Å². The van der Waals surface area contributed by atoms with E-state index < -0.39 is 0 Å². The van der Waals surface area contributed by atoms with E-state index in [0.717, 1.165) is 28.6 Å². The number of allylic oxidation sites excluding steroid dienone is 1. The van der Waals surface area contributed by atoms with Gasteiger partial charge in [0.2, 0.25) is 11.1 Å². The van der Waals surface area contributed by atoms with Crippen LogP contribution in [0.5, 0.6) is 0 Å². The highest BCUT2D eigenvalue weighted by molar-refractivity contribution is 7.15. The lowest BCUT2D eigenvalue weighted by Gasteiger charge is -2.17. The normalized spacial score (nSPS) is 16.2. The molecule has 1 N–H and O–H groups in total. The summed E-state index contributed by atoms with van der Waals surface area (Å²) in [5, 5.41) is 4.14. The predicted octanol–water partition coefficient (Wildman–Crippen LogP) is 5.72. The smallest absolute Gasteiger partial charge is 0.211 e. The molecule has 0 aliphatic carbocycles. The first-order chi connectivity index (χ1) is 14.4. The van der Waals surface area contributed by atoms with Crippen molar-refractivity contribution in [2.45, 2.75) is 39.5 Å². The highest BCUT2D eigenvalue weighted by atomic mass is 32.1. The summed E-state index contributed by atoms with van der Waals surface area (Å²) in [5.74, 6) is 1.61. The summed E-state index contributed by atoms with van der Waals surface area (Å²) in [6, 6.07) is 6.55. The molecule has 0 amide bonds. The van der Waals surface area contributed by atoms with Crippen molar-refractivity contribution in [2.75, 3.05) is 14.1 Å². The zero-order valence-electron chi connectivity index (χ0n) is 18.1. The number of halogens is 1. The fourth-order valence-electron chi connectivity index (χ4n) is 2.93. The molecule has 0 radical (unpaired) electrons. The van der Waals surface area contributed by atoms with E-state index in [1.54, 1.807) is 17.4 Å². The number of benzene rings is 1. The minimum Gasteiger partial charge on any atom is -0.348 e. The fourth-order valence-corrected chi connectivity index (χ4v) is 3.74. The predicted molar refractivity (Wildman–Crippen MR) is 125 cm³/mol. The van der Waals surface area contributed by atoms with Gasteiger partial charge in [0.25, 0.3) is 0 Å². The van der Waals surface area contributed by atoms with Crippen LogP contribution < -0.4 is 5.32 Å². The first-order valence-electron chi connectivity index (χ1n) is 10.1. The van der Waals surface area contributed by atoms with Gasteiger partial charge in [-0.15, -0.1) is 0 Å². The van der Waals surface area contributed by atoms with Crippen molar-refractivity contribution in [3.63, 3.8) is 0 Å². The molecule has 1 aliphatic rings. The van der Waals surface area contributed by atoms with Crippen LogP contribution in [-0.4, -0.2) is 35.8 Å². The Balaban J connectivity index is 1.96. The Bertz CT molecular complexity index is 1010. The highest BCUT2D eigenvalue weighted by Crippen LogP contribution is 2.28. The molecule has 5 nitrogen and oxygen atoms in total. The van der Waals surface area contributed by atoms with Crippen molar-refractivity contribution in [1.82, 2.24) is 15.2 Å². The second-order valence-electron chi connectivity index (χ2n) is 7.62. The molecule has 0 saturated heterocycles. The van der Waals surface area contributed by atoms with Crippen molar-refractivity contribution < 1.29 is 4.39 Å². The third-order valence-corrected chi connectivity index (χ3v) is 5.87. The topological polar surface area (TPSA) is 52.9 Å². The Morgan fingerprint density at radius 2 is 2.10 bits per heavy atom. The third-order valence-electron chi connectivity index (χ3n) is 4.68. The molecular formula is C23H28FN5S. The molecular weight excluding hydrogens is 397 g/mol. The molecule has 1 aromatic carbocycles. The molecule has 2 aromatic rings. The van der Waals surface area contributed by atoms with E-state index in [1.165, 1.54) is 22.6 Å². The molecule has 1 aliphatic heterocycles. The average molecular weight is 426 g/mol. The highest BCUT2D eigenvalue weighted by Gasteiger charge is 2.17. The number of thiazole rings is 1. The van der Waals surface area contributed by atoms with Crippen molar-refractivity contribution >= 4 is 34.3 Å². The minimum atomic E-state index is -0.246. The molecule has 7 heteroatoms. The summed E-state index contributed by atoms with van der Waals surface area (Å²) in [6.45, 7) is 6.42. The molecule has 0 atom stereocenters. The molecule has 30 heavy (non-hydrogen) atoms. The lowest BCUT2D eigenvalue weighted by atomic mass is 10.1. The SMILES string of the molecule is CCC1=C(C=Cc2cccc(F)c2)NC(N(C)C)=NC(=Nc2ncc(C(C)C)s2)C1. The molecule has 0 spiro atoms. The van der Waals surface area contributed by atoms with Gasteiger partial charge in [0.1, 0.15) is 11.7 Å². The van der Waals surface area contributed by atoms with Gasteiger partial charge in [-0.3, -0.25) is 0 Å². The van der Waals surface area contributed by atoms with Crippen molar-refractivity contribution in [2.24, 2.45) is 9.98 Å². The van der Waals surface area contributed by atoms with Crippen LogP contribution in [0.25, 0.3) is 6.08 Å². The Kier molecular flexibility index (Phi) is 7.15. The average Bonchev–Trinajstić information content (AvgIpc) is 3.09. The van der Waals surface area contributed by atoms with E-state index in [9.17, 15) is 4.39 Å². The van der Waals surface area contributed by atoms with Gasteiger partial charge in [-0.25, -0.2) is 14.4 Å². The Labute approximate surface area is 181 Å². The van der Waals surface area contributed by atoms with Crippen LogP contribution >= 0.6 is 11.3 Å². The Morgan fingerprint density at radius 3 is 2.73 bits per heavy atom. The van der Waals surface area contributed by atoms with E-state index >= 15 is 0 Å². The third kappa shape index (κ3) is 5.63. The second-order valence-corrected chi connectivity index (χ2v) is 8.66. The number of aliphatic imine (C=N–C) groups is 2. The number of rotatable bonds is 5. The zero-order chi connectivity index (χ0) is 21.7. The minimum absolute atomic E-state index is 0.246. The summed E-state index contributed by atoms with van der Waals surface area (Å²) in [4.78, 5) is 17.1. The monoisotopic (exact) mass is 425 g/mol. The maximum atomic E-state index is 13.5. The van der Waals surface area contributed by atoms with E-state index in [0.29, 0.717) is 18.3 Å². The van der Waals surface area contributed by atoms with Crippen molar-refractivity contribution in [3.05, 3.63) is 64.1 Å². The molecule has 2 heterocycles. The van der Waals surface area contributed by atoms with Gasteiger partial charge in [0.05, 0.1) is 0 Å².